The minimum atomic E-state index is -0.531. The third-order valence-corrected chi connectivity index (χ3v) is 11.5. The molecule has 0 saturated carbocycles. The molecule has 2 amide bonds. The van der Waals surface area contributed by atoms with E-state index in [1.54, 1.807) is 36.9 Å². The number of carbonyl (C=O) groups is 2. The number of H-pyrrole nitrogens is 2. The van der Waals surface area contributed by atoms with Gasteiger partial charge in [0.25, 0.3) is 0 Å². The summed E-state index contributed by atoms with van der Waals surface area (Å²) in [6, 6.07) is 3.62. The zero-order chi connectivity index (χ0) is 42.9. The fraction of sp³-hybridized carbons (Fsp3) is 0.442. The van der Waals surface area contributed by atoms with E-state index in [1.165, 1.54) is 0 Å². The van der Waals surface area contributed by atoms with Gasteiger partial charge < -0.3 is 30.4 Å². The number of nitrogens with zero attached hydrogens (tertiary/aromatic N) is 8. The minimum Gasteiger partial charge on any atom is -0.365 e. The number of anilines is 2. The van der Waals surface area contributed by atoms with Crippen LogP contribution in [0.1, 0.15) is 84.5 Å². The van der Waals surface area contributed by atoms with Crippen LogP contribution in [0.2, 0.25) is 10.0 Å². The third-order valence-electron chi connectivity index (χ3n) is 11.1. The van der Waals surface area contributed by atoms with Crippen molar-refractivity contribution in [2.24, 2.45) is 0 Å². The molecule has 2 saturated heterocycles. The predicted molar refractivity (Wildman–Crippen MR) is 234 cm³/mol. The molecule has 0 bridgehead atoms. The van der Waals surface area contributed by atoms with Crippen molar-refractivity contribution < 1.29 is 18.4 Å². The van der Waals surface area contributed by atoms with Crippen molar-refractivity contribution in [3.8, 4) is 22.8 Å². The Bertz CT molecular complexity index is 2460. The van der Waals surface area contributed by atoms with Gasteiger partial charge in [0, 0.05) is 97.8 Å². The van der Waals surface area contributed by atoms with Crippen LogP contribution in [0.15, 0.2) is 49.3 Å². The van der Waals surface area contributed by atoms with E-state index >= 15 is 0 Å². The molecule has 61 heavy (non-hydrogen) atoms. The standard InChI is InChI=1S/C22H26ClFN6O.C21H24ClFN6O/c1-2-3-7-19(31)30-8-5-4-6-15(30)11-26-22-18(24)13-28-21(29-22)17-12-27-20-16(17)9-14(23)10-25-20;1-2-5-18(30)29-7-4-3-6-14(29)10-25-21-17(23)12-27-20(28-21)16-11-26-19-15(16)8-13(22)9-24-19/h9-10,12-13,15H,2-8,11H2,1H3,(H,25,27)(H,26,28,29);8-9,11-12,14H,2-7,10H2,1H3,(H,24,26)(H,25,27,28). The first-order chi connectivity index (χ1) is 29.6. The molecule has 0 spiro atoms. The van der Waals surface area contributed by atoms with Crippen LogP contribution in [0, 0.1) is 11.6 Å². The van der Waals surface area contributed by atoms with Crippen LogP contribution in [0.4, 0.5) is 20.4 Å². The fourth-order valence-corrected chi connectivity index (χ4v) is 8.22. The van der Waals surface area contributed by atoms with E-state index in [4.69, 9.17) is 23.2 Å². The maximum atomic E-state index is 14.5. The van der Waals surface area contributed by atoms with E-state index in [-0.39, 0.29) is 35.5 Å². The monoisotopic (exact) mass is 874 g/mol. The summed E-state index contributed by atoms with van der Waals surface area (Å²) in [4.78, 5) is 60.6. The number of aromatic amines is 2. The van der Waals surface area contributed by atoms with Gasteiger partial charge >= 0.3 is 0 Å². The molecule has 8 heterocycles. The summed E-state index contributed by atoms with van der Waals surface area (Å²) in [6.07, 6.45) is 18.6. The lowest BCUT2D eigenvalue weighted by Crippen LogP contribution is -2.47. The SMILES string of the molecule is CCCC(=O)N1CCCCC1CNc1nc(-c2c[nH]c3ncc(Cl)cc23)ncc1F.CCCCC(=O)N1CCCCC1CNc1nc(-c2c[nH]c3ncc(Cl)cc23)ncc1F. The molecule has 8 rings (SSSR count). The summed E-state index contributed by atoms with van der Waals surface area (Å²) >= 11 is 12.1. The molecule has 0 aliphatic carbocycles. The summed E-state index contributed by atoms with van der Waals surface area (Å²) in [5.74, 6) is 0.280. The second-order valence-corrected chi connectivity index (χ2v) is 16.2. The van der Waals surface area contributed by atoms with Crippen molar-refractivity contribution >= 4 is 68.7 Å². The number of likely N-dealkylation sites (tertiary alicyclic amines) is 2. The molecule has 0 radical (unpaired) electrons. The number of halogens is 4. The number of piperidine rings is 2. The number of rotatable bonds is 13. The van der Waals surface area contributed by atoms with Gasteiger partial charge in [-0.25, -0.2) is 38.7 Å². The number of amides is 2. The highest BCUT2D eigenvalue weighted by atomic mass is 35.5. The summed E-state index contributed by atoms with van der Waals surface area (Å²) in [6.45, 7) is 6.49. The number of hydrogen-bond acceptors (Lipinski definition) is 10. The second kappa shape index (κ2) is 20.4. The first kappa shape index (κ1) is 43.6. The Hall–Kier alpha value is -5.48. The van der Waals surface area contributed by atoms with Crippen molar-refractivity contribution in [1.29, 1.82) is 0 Å². The zero-order valence-corrected chi connectivity index (χ0v) is 35.8. The molecule has 18 heteroatoms. The number of unbranched alkanes of at least 4 members (excludes halogenated alkanes) is 1. The molecule has 6 aromatic heterocycles. The first-order valence-electron chi connectivity index (χ1n) is 21.0. The van der Waals surface area contributed by atoms with Crippen LogP contribution in [0.3, 0.4) is 0 Å². The molecule has 6 aromatic rings. The smallest absolute Gasteiger partial charge is 0.222 e. The van der Waals surface area contributed by atoms with Gasteiger partial charge in [-0.2, -0.15) is 0 Å². The summed E-state index contributed by atoms with van der Waals surface area (Å²) in [5.41, 5.74) is 2.71. The van der Waals surface area contributed by atoms with Crippen LogP contribution in [-0.2, 0) is 9.59 Å². The molecule has 14 nitrogen and oxygen atoms in total. The quantitative estimate of drug-likeness (QED) is 0.0876. The van der Waals surface area contributed by atoms with Crippen LogP contribution >= 0.6 is 23.2 Å². The average Bonchev–Trinajstić information content (AvgIpc) is 3.89. The topological polar surface area (TPSA) is 174 Å². The lowest BCUT2D eigenvalue weighted by atomic mass is 10.0. The third kappa shape index (κ3) is 10.5. The second-order valence-electron chi connectivity index (χ2n) is 15.4. The summed E-state index contributed by atoms with van der Waals surface area (Å²) in [7, 11) is 0. The van der Waals surface area contributed by atoms with Gasteiger partial charge in [0.15, 0.2) is 34.9 Å². The lowest BCUT2D eigenvalue weighted by molar-refractivity contribution is -0.135. The number of carbonyl (C=O) groups excluding carboxylic acids is 2. The Morgan fingerprint density at radius 1 is 0.689 bits per heavy atom. The van der Waals surface area contributed by atoms with E-state index in [1.807, 2.05) is 16.7 Å². The highest BCUT2D eigenvalue weighted by molar-refractivity contribution is 6.31. The van der Waals surface area contributed by atoms with E-state index in [9.17, 15) is 18.4 Å². The van der Waals surface area contributed by atoms with Crippen molar-refractivity contribution in [2.45, 2.75) is 96.6 Å². The Labute approximate surface area is 362 Å². The van der Waals surface area contributed by atoms with E-state index < -0.39 is 11.6 Å². The van der Waals surface area contributed by atoms with Gasteiger partial charge in [-0.15, -0.1) is 0 Å². The van der Waals surface area contributed by atoms with Crippen molar-refractivity contribution in [2.75, 3.05) is 36.8 Å². The van der Waals surface area contributed by atoms with Crippen LogP contribution < -0.4 is 10.6 Å². The van der Waals surface area contributed by atoms with Gasteiger partial charge in [0.1, 0.15) is 11.3 Å². The summed E-state index contributed by atoms with van der Waals surface area (Å²) in [5, 5.41) is 8.75. The largest absolute Gasteiger partial charge is 0.365 e. The Kier molecular flexibility index (Phi) is 14.6. The normalized spacial score (nSPS) is 16.7. The Morgan fingerprint density at radius 3 is 1.62 bits per heavy atom. The number of aromatic nitrogens is 8. The lowest BCUT2D eigenvalue weighted by Gasteiger charge is -2.36. The zero-order valence-electron chi connectivity index (χ0n) is 34.3. The molecule has 2 unspecified atom stereocenters. The first-order valence-corrected chi connectivity index (χ1v) is 21.8. The van der Waals surface area contributed by atoms with Crippen LogP contribution in [0.25, 0.3) is 44.8 Å². The fourth-order valence-electron chi connectivity index (χ4n) is 7.91. The molecule has 2 fully saturated rings. The van der Waals surface area contributed by atoms with Gasteiger partial charge in [-0.05, 0) is 63.5 Å². The molecular weight excluding hydrogens is 825 g/mol. The molecule has 2 atom stereocenters. The number of fused-ring (bicyclic) bond motifs is 2. The molecule has 0 aromatic carbocycles. The van der Waals surface area contributed by atoms with E-state index in [2.05, 4.69) is 57.4 Å². The van der Waals surface area contributed by atoms with Crippen molar-refractivity contribution in [3.05, 3.63) is 71.0 Å². The highest BCUT2D eigenvalue weighted by Gasteiger charge is 2.28. The predicted octanol–water partition coefficient (Wildman–Crippen LogP) is 9.20. The van der Waals surface area contributed by atoms with E-state index in [0.29, 0.717) is 70.0 Å². The number of nitrogens with one attached hydrogen (secondary N) is 4. The summed E-state index contributed by atoms with van der Waals surface area (Å²) < 4.78 is 28.9. The van der Waals surface area contributed by atoms with Crippen LogP contribution in [-0.4, -0.2) is 99.7 Å². The Balaban J connectivity index is 0.000000184. The molecular formula is C43H50Cl2F2N12O2. The maximum Gasteiger partial charge on any atom is 0.222 e. The highest BCUT2D eigenvalue weighted by Crippen LogP contribution is 2.30. The van der Waals surface area contributed by atoms with Gasteiger partial charge in [0.2, 0.25) is 11.8 Å². The van der Waals surface area contributed by atoms with Gasteiger partial charge in [-0.3, -0.25) is 9.59 Å². The molecule has 322 valence electrons. The minimum absolute atomic E-state index is 0.0340. The van der Waals surface area contributed by atoms with Gasteiger partial charge in [-0.1, -0.05) is 43.5 Å². The number of hydrogen-bond donors (Lipinski definition) is 4. The number of pyridine rings is 2. The molecule has 2 aliphatic rings. The van der Waals surface area contributed by atoms with E-state index in [0.717, 1.165) is 94.0 Å². The van der Waals surface area contributed by atoms with Gasteiger partial charge in [0.05, 0.1) is 22.4 Å². The molecule has 4 N–H and O–H groups in total. The maximum absolute atomic E-state index is 14.5. The Morgan fingerprint density at radius 2 is 1.16 bits per heavy atom. The van der Waals surface area contributed by atoms with Crippen LogP contribution in [0.5, 0.6) is 0 Å². The van der Waals surface area contributed by atoms with Crippen molar-refractivity contribution in [1.82, 2.24) is 49.7 Å². The molecule has 2 aliphatic heterocycles. The average molecular weight is 876 g/mol. The van der Waals surface area contributed by atoms with Crippen molar-refractivity contribution in [3.63, 3.8) is 0 Å².